The molecule has 0 rings (SSSR count). The molecule has 4 nitrogen and oxygen atoms in total. The lowest BCUT2D eigenvalue weighted by Crippen LogP contribution is -2.52. The van der Waals surface area contributed by atoms with Crippen molar-refractivity contribution in [3.05, 3.63) is 11.6 Å². The van der Waals surface area contributed by atoms with E-state index in [4.69, 9.17) is 5.11 Å². The Morgan fingerprint density at radius 3 is 2.04 bits per heavy atom. The molecular weight excluding hydrogens is 389 g/mol. The van der Waals surface area contributed by atoms with Gasteiger partial charge in [0, 0.05) is 6.08 Å². The van der Waals surface area contributed by atoms with Gasteiger partial charge in [-0.1, -0.05) is 33.1 Å². The maximum Gasteiger partial charge on any atom is 0.459 e. The Morgan fingerprint density at radius 2 is 1.63 bits per heavy atom. The van der Waals surface area contributed by atoms with E-state index in [1.54, 1.807) is 6.92 Å². The zero-order valence-electron chi connectivity index (χ0n) is 14.7. The maximum absolute atomic E-state index is 13.5. The highest BCUT2D eigenvalue weighted by Gasteiger charge is 2.72. The number of carbonyl (C=O) groups is 2. The number of rotatable bonds is 11. The Bertz CT molecular complexity index is 541. The van der Waals surface area contributed by atoms with Crippen molar-refractivity contribution in [2.75, 3.05) is 6.61 Å². The van der Waals surface area contributed by atoms with E-state index in [-0.39, 0.29) is 18.6 Å². The standard InChI is InChI=1S/C16H21F7O4/c1-3-5-6-10(4-2)9-27-13(26)11(7-12(24)25)8-14(17,18)15(19,20)16(21,22)23/h7,10H,3-6,8-9H2,1-2H3,(H,24,25)/b11-7-. The van der Waals surface area contributed by atoms with E-state index < -0.39 is 42.0 Å². The molecule has 0 bridgehead atoms. The number of halogens is 7. The first-order valence-electron chi connectivity index (χ1n) is 8.12. The quantitative estimate of drug-likeness (QED) is 0.297. The molecule has 0 amide bonds. The molecule has 0 saturated heterocycles. The zero-order chi connectivity index (χ0) is 21.5. The number of esters is 1. The summed E-state index contributed by atoms with van der Waals surface area (Å²) in [7, 11) is 0. The van der Waals surface area contributed by atoms with Crippen LogP contribution in [-0.2, 0) is 14.3 Å². The number of aliphatic carboxylic acids is 1. The fourth-order valence-electron chi connectivity index (χ4n) is 2.07. The smallest absolute Gasteiger partial charge is 0.459 e. The Morgan fingerprint density at radius 1 is 1.07 bits per heavy atom. The van der Waals surface area contributed by atoms with Crippen LogP contribution in [0.25, 0.3) is 0 Å². The molecule has 0 aromatic heterocycles. The van der Waals surface area contributed by atoms with Crippen LogP contribution < -0.4 is 0 Å². The van der Waals surface area contributed by atoms with Crippen molar-refractivity contribution >= 4 is 11.9 Å². The molecule has 27 heavy (non-hydrogen) atoms. The van der Waals surface area contributed by atoms with Crippen LogP contribution in [0.3, 0.4) is 0 Å². The second-order valence-electron chi connectivity index (χ2n) is 5.98. The zero-order valence-corrected chi connectivity index (χ0v) is 14.7. The van der Waals surface area contributed by atoms with Gasteiger partial charge in [0.15, 0.2) is 0 Å². The van der Waals surface area contributed by atoms with Crippen LogP contribution in [0.4, 0.5) is 30.7 Å². The number of ether oxygens (including phenoxy) is 1. The lowest BCUT2D eigenvalue weighted by molar-refractivity contribution is -0.353. The van der Waals surface area contributed by atoms with Gasteiger partial charge in [0.2, 0.25) is 0 Å². The van der Waals surface area contributed by atoms with E-state index in [2.05, 4.69) is 4.74 Å². The number of carbonyl (C=O) groups excluding carboxylic acids is 1. The highest BCUT2D eigenvalue weighted by atomic mass is 19.4. The molecular formula is C16H21F7O4. The third kappa shape index (κ3) is 7.37. The minimum Gasteiger partial charge on any atom is -0.478 e. The van der Waals surface area contributed by atoms with Crippen LogP contribution >= 0.6 is 0 Å². The Balaban J connectivity index is 5.35. The van der Waals surface area contributed by atoms with Crippen molar-refractivity contribution < 1.29 is 50.2 Å². The number of carboxylic acid groups (broad SMARTS) is 1. The van der Waals surface area contributed by atoms with Crippen LogP contribution in [-0.4, -0.2) is 41.7 Å². The van der Waals surface area contributed by atoms with Gasteiger partial charge in [0.25, 0.3) is 0 Å². The van der Waals surface area contributed by atoms with E-state index in [0.29, 0.717) is 12.8 Å². The van der Waals surface area contributed by atoms with Crippen molar-refractivity contribution in [3.8, 4) is 0 Å². The number of carboxylic acids is 1. The highest BCUT2D eigenvalue weighted by Crippen LogP contribution is 2.49. The summed E-state index contributed by atoms with van der Waals surface area (Å²) in [6.45, 7) is 3.35. The summed E-state index contributed by atoms with van der Waals surface area (Å²) in [5.74, 6) is -16.0. The van der Waals surface area contributed by atoms with Gasteiger partial charge in [-0.2, -0.15) is 30.7 Å². The molecule has 0 aliphatic carbocycles. The van der Waals surface area contributed by atoms with E-state index in [0.717, 1.165) is 12.8 Å². The van der Waals surface area contributed by atoms with Gasteiger partial charge >= 0.3 is 30.0 Å². The molecule has 11 heteroatoms. The van der Waals surface area contributed by atoms with Gasteiger partial charge in [-0.3, -0.25) is 0 Å². The first kappa shape index (κ1) is 25.2. The number of unbranched alkanes of at least 4 members (excludes halogenated alkanes) is 1. The molecule has 0 fully saturated rings. The fourth-order valence-corrected chi connectivity index (χ4v) is 2.07. The summed E-state index contributed by atoms with van der Waals surface area (Å²) in [5.41, 5.74) is -1.48. The number of alkyl halides is 7. The summed E-state index contributed by atoms with van der Waals surface area (Å²) in [6.07, 6.45) is -6.43. The van der Waals surface area contributed by atoms with Crippen molar-refractivity contribution in [1.82, 2.24) is 0 Å². The van der Waals surface area contributed by atoms with Gasteiger partial charge in [-0.05, 0) is 12.3 Å². The average molecular weight is 410 g/mol. The van der Waals surface area contributed by atoms with Gasteiger partial charge < -0.3 is 9.84 Å². The minimum atomic E-state index is -6.58. The van der Waals surface area contributed by atoms with Gasteiger partial charge in [-0.15, -0.1) is 0 Å². The van der Waals surface area contributed by atoms with Crippen LogP contribution in [0, 0.1) is 5.92 Å². The summed E-state index contributed by atoms with van der Waals surface area (Å²) < 4.78 is 94.1. The van der Waals surface area contributed by atoms with Crippen LogP contribution in [0.2, 0.25) is 0 Å². The average Bonchev–Trinajstić information content (AvgIpc) is 2.52. The molecule has 0 spiro atoms. The molecule has 1 N–H and O–H groups in total. The van der Waals surface area contributed by atoms with E-state index in [9.17, 15) is 40.3 Å². The third-order valence-electron chi connectivity index (χ3n) is 3.78. The number of hydrogen-bond acceptors (Lipinski definition) is 3. The first-order valence-corrected chi connectivity index (χ1v) is 8.12. The first-order chi connectivity index (χ1) is 12.2. The van der Waals surface area contributed by atoms with Gasteiger partial charge in [0.1, 0.15) is 0 Å². The molecule has 0 saturated carbocycles. The molecule has 1 unspecified atom stereocenters. The molecule has 0 aliphatic heterocycles. The monoisotopic (exact) mass is 410 g/mol. The maximum atomic E-state index is 13.5. The van der Waals surface area contributed by atoms with Crippen molar-refractivity contribution in [1.29, 1.82) is 0 Å². The fraction of sp³-hybridized carbons (Fsp3) is 0.750. The summed E-state index contributed by atoms with van der Waals surface area (Å²) in [5, 5.41) is 8.59. The predicted molar refractivity (Wildman–Crippen MR) is 80.5 cm³/mol. The van der Waals surface area contributed by atoms with Gasteiger partial charge in [0.05, 0.1) is 18.6 Å². The van der Waals surface area contributed by atoms with E-state index in [1.165, 1.54) is 0 Å². The normalized spacial score (nSPS) is 14.8. The molecule has 0 aromatic carbocycles. The Kier molecular flexibility index (Phi) is 9.27. The minimum absolute atomic E-state index is 0.157. The SMILES string of the molecule is CCCCC(CC)COC(=O)/C(=C\C(=O)O)CC(F)(F)C(F)(F)C(F)(F)F. The lowest BCUT2D eigenvalue weighted by atomic mass is 10.00. The van der Waals surface area contributed by atoms with E-state index in [1.807, 2.05) is 6.92 Å². The predicted octanol–water partition coefficient (Wildman–Crippen LogP) is 4.98. The summed E-state index contributed by atoms with van der Waals surface area (Å²) in [4.78, 5) is 22.5. The van der Waals surface area contributed by atoms with Crippen molar-refractivity contribution in [2.24, 2.45) is 5.92 Å². The second kappa shape index (κ2) is 9.93. The van der Waals surface area contributed by atoms with Crippen LogP contribution in [0.5, 0.6) is 0 Å². The third-order valence-corrected chi connectivity index (χ3v) is 3.78. The topological polar surface area (TPSA) is 63.6 Å². The second-order valence-corrected chi connectivity index (χ2v) is 5.98. The van der Waals surface area contributed by atoms with Crippen LogP contribution in [0.1, 0.15) is 46.0 Å². The van der Waals surface area contributed by atoms with Gasteiger partial charge in [-0.25, -0.2) is 9.59 Å². The molecule has 0 radical (unpaired) electrons. The molecule has 0 heterocycles. The largest absolute Gasteiger partial charge is 0.478 e. The summed E-state index contributed by atoms with van der Waals surface area (Å²) >= 11 is 0. The molecule has 158 valence electrons. The lowest BCUT2D eigenvalue weighted by Gasteiger charge is -2.28. The summed E-state index contributed by atoms with van der Waals surface area (Å²) in [6, 6.07) is 0. The number of hydrogen-bond donors (Lipinski definition) is 1. The van der Waals surface area contributed by atoms with Crippen molar-refractivity contribution in [3.63, 3.8) is 0 Å². The molecule has 1 atom stereocenters. The Labute approximate surface area is 151 Å². The Hall–Kier alpha value is -1.81. The van der Waals surface area contributed by atoms with E-state index >= 15 is 0 Å². The van der Waals surface area contributed by atoms with Crippen LogP contribution in [0.15, 0.2) is 11.6 Å². The molecule has 0 aromatic rings. The van der Waals surface area contributed by atoms with Crippen molar-refractivity contribution in [2.45, 2.75) is 64.0 Å². The molecule has 0 aliphatic rings. The highest BCUT2D eigenvalue weighted by molar-refractivity contribution is 5.95.